The minimum absolute atomic E-state index is 0.396. The Bertz CT molecular complexity index is 782. The van der Waals surface area contributed by atoms with Crippen LogP contribution in [0.25, 0.3) is 0 Å². The van der Waals surface area contributed by atoms with Crippen LogP contribution in [-0.2, 0) is 20.6 Å². The van der Waals surface area contributed by atoms with E-state index in [1.165, 1.54) is 0 Å². The zero-order valence-corrected chi connectivity index (χ0v) is 17.8. The molecule has 0 aromatic carbocycles. The Labute approximate surface area is 172 Å². The molecule has 1 aromatic heterocycles. The number of carbonyl (C=O) groups excluding carboxylic acids is 3. The lowest BCUT2D eigenvalue weighted by molar-refractivity contribution is -0.127. The first-order chi connectivity index (χ1) is 13.4. The van der Waals surface area contributed by atoms with Gasteiger partial charge in [0.05, 0.1) is 24.9 Å². The van der Waals surface area contributed by atoms with Crippen LogP contribution >= 0.6 is 0 Å². The van der Waals surface area contributed by atoms with Gasteiger partial charge in [-0.15, -0.1) is 0 Å². The summed E-state index contributed by atoms with van der Waals surface area (Å²) in [4.78, 5) is 41.6. The molecule has 1 rings (SSSR count). The number of imide groups is 1. The summed E-state index contributed by atoms with van der Waals surface area (Å²) in [6.07, 6.45) is -8.41. The molecule has 0 saturated heterocycles. The van der Waals surface area contributed by atoms with Crippen molar-refractivity contribution in [3.05, 3.63) is 23.5 Å². The number of nitrogens with zero attached hydrogens (tertiary/aromatic N) is 2. The van der Waals surface area contributed by atoms with E-state index >= 15 is 0 Å². The molecule has 11 heteroatoms. The molecule has 0 unspecified atom stereocenters. The molecule has 0 N–H and O–H groups in total. The molecule has 8 nitrogen and oxygen atoms in total. The maximum atomic E-state index is 12.7. The van der Waals surface area contributed by atoms with Crippen LogP contribution in [0.3, 0.4) is 0 Å². The standard InChI is InChI=1S/C19H25F3N2O6/c1-17(2,3)29-15(26)24(16(27)30-18(4,5)6)12-9-8-11(10-19(20,21)22)23-13(12)14(25)28-7/h8-9H,10H2,1-7H3. The van der Waals surface area contributed by atoms with E-state index in [1.807, 2.05) is 0 Å². The van der Waals surface area contributed by atoms with Gasteiger partial charge < -0.3 is 14.2 Å². The number of anilines is 1. The molecule has 0 spiro atoms. The average molecular weight is 434 g/mol. The van der Waals surface area contributed by atoms with Gasteiger partial charge in [-0.25, -0.2) is 19.4 Å². The number of halogens is 3. The van der Waals surface area contributed by atoms with Crippen molar-refractivity contribution >= 4 is 23.8 Å². The predicted molar refractivity (Wildman–Crippen MR) is 100 cm³/mol. The van der Waals surface area contributed by atoms with Crippen LogP contribution in [0.4, 0.5) is 28.4 Å². The van der Waals surface area contributed by atoms with Gasteiger partial charge in [-0.1, -0.05) is 0 Å². The van der Waals surface area contributed by atoms with Crippen LogP contribution in [0.15, 0.2) is 12.1 Å². The van der Waals surface area contributed by atoms with E-state index in [9.17, 15) is 27.6 Å². The van der Waals surface area contributed by atoms with Gasteiger partial charge in [0.2, 0.25) is 0 Å². The van der Waals surface area contributed by atoms with Crippen LogP contribution in [0.1, 0.15) is 57.7 Å². The Morgan fingerprint density at radius 3 is 1.77 bits per heavy atom. The average Bonchev–Trinajstić information content (AvgIpc) is 2.50. The second-order valence-corrected chi connectivity index (χ2v) is 8.25. The van der Waals surface area contributed by atoms with E-state index in [1.54, 1.807) is 41.5 Å². The molecule has 1 aromatic rings. The number of hydrogen-bond acceptors (Lipinski definition) is 7. The van der Waals surface area contributed by atoms with E-state index < -0.39 is 59.0 Å². The first-order valence-electron chi connectivity index (χ1n) is 8.84. The van der Waals surface area contributed by atoms with Crippen molar-refractivity contribution in [2.45, 2.75) is 65.3 Å². The Morgan fingerprint density at radius 1 is 0.933 bits per heavy atom. The molecule has 2 amide bonds. The van der Waals surface area contributed by atoms with Crippen LogP contribution < -0.4 is 4.90 Å². The molecule has 0 saturated carbocycles. The number of pyridine rings is 1. The highest BCUT2D eigenvalue weighted by atomic mass is 19.4. The molecule has 30 heavy (non-hydrogen) atoms. The third-order valence-corrected chi connectivity index (χ3v) is 3.08. The van der Waals surface area contributed by atoms with Gasteiger partial charge in [-0.2, -0.15) is 18.1 Å². The summed E-state index contributed by atoms with van der Waals surface area (Å²) in [6, 6.07) is 1.92. The monoisotopic (exact) mass is 434 g/mol. The highest BCUT2D eigenvalue weighted by Gasteiger charge is 2.37. The van der Waals surface area contributed by atoms with E-state index in [0.717, 1.165) is 19.2 Å². The third kappa shape index (κ3) is 7.88. The van der Waals surface area contributed by atoms with E-state index in [2.05, 4.69) is 9.72 Å². The fourth-order valence-electron chi connectivity index (χ4n) is 2.11. The number of rotatable bonds is 3. The summed E-state index contributed by atoms with van der Waals surface area (Å²) < 4.78 is 53.1. The summed E-state index contributed by atoms with van der Waals surface area (Å²) in [5, 5.41) is 0. The van der Waals surface area contributed by atoms with Gasteiger partial charge in [-0.3, -0.25) is 0 Å². The minimum atomic E-state index is -4.59. The van der Waals surface area contributed by atoms with E-state index in [-0.39, 0.29) is 0 Å². The molecule has 0 aliphatic rings. The third-order valence-electron chi connectivity index (χ3n) is 3.08. The topological polar surface area (TPSA) is 95.0 Å². The number of aromatic nitrogens is 1. The lowest BCUT2D eigenvalue weighted by Crippen LogP contribution is -2.44. The molecule has 0 fully saturated rings. The van der Waals surface area contributed by atoms with Crippen LogP contribution in [0.2, 0.25) is 0 Å². The molecule has 0 atom stereocenters. The number of amides is 2. The van der Waals surface area contributed by atoms with Gasteiger partial charge in [0.15, 0.2) is 5.69 Å². The fraction of sp³-hybridized carbons (Fsp3) is 0.579. The SMILES string of the molecule is COC(=O)c1nc(CC(F)(F)F)ccc1N(C(=O)OC(C)(C)C)C(=O)OC(C)(C)C. The van der Waals surface area contributed by atoms with Gasteiger partial charge in [0.25, 0.3) is 0 Å². The Morgan fingerprint density at radius 2 is 1.40 bits per heavy atom. The lowest BCUT2D eigenvalue weighted by atomic mass is 10.2. The Balaban J connectivity index is 3.58. The van der Waals surface area contributed by atoms with Crippen molar-refractivity contribution in [3.63, 3.8) is 0 Å². The van der Waals surface area contributed by atoms with Crippen molar-refractivity contribution in [1.82, 2.24) is 4.98 Å². The number of ether oxygens (including phenoxy) is 3. The van der Waals surface area contributed by atoms with Gasteiger partial charge in [0.1, 0.15) is 11.2 Å². The maximum Gasteiger partial charge on any atom is 0.424 e. The fourth-order valence-corrected chi connectivity index (χ4v) is 2.11. The maximum absolute atomic E-state index is 12.7. The van der Waals surface area contributed by atoms with Crippen molar-refractivity contribution in [3.8, 4) is 0 Å². The zero-order chi connectivity index (χ0) is 23.5. The van der Waals surface area contributed by atoms with Crippen LogP contribution in [0, 0.1) is 0 Å². The van der Waals surface area contributed by atoms with Crippen molar-refractivity contribution < 1.29 is 41.8 Å². The number of esters is 1. The van der Waals surface area contributed by atoms with Gasteiger partial charge in [-0.05, 0) is 53.7 Å². The molecule has 0 radical (unpaired) electrons. The first kappa shape index (κ1) is 25.2. The van der Waals surface area contributed by atoms with Crippen LogP contribution in [0.5, 0.6) is 0 Å². The van der Waals surface area contributed by atoms with Crippen molar-refractivity contribution in [1.29, 1.82) is 0 Å². The molecule has 0 bridgehead atoms. The predicted octanol–water partition coefficient (Wildman–Crippen LogP) is 4.65. The van der Waals surface area contributed by atoms with E-state index in [4.69, 9.17) is 9.47 Å². The summed E-state index contributed by atoms with van der Waals surface area (Å²) in [5.41, 5.74) is -3.65. The second kappa shape index (κ2) is 8.88. The summed E-state index contributed by atoms with van der Waals surface area (Å²) in [7, 11) is 0.982. The normalized spacial score (nSPS) is 12.2. The summed E-state index contributed by atoms with van der Waals surface area (Å²) >= 11 is 0. The quantitative estimate of drug-likeness (QED) is 0.505. The van der Waals surface area contributed by atoms with Crippen molar-refractivity contribution in [2.75, 3.05) is 12.0 Å². The van der Waals surface area contributed by atoms with E-state index in [0.29, 0.717) is 4.90 Å². The Hall–Kier alpha value is -2.85. The van der Waals surface area contributed by atoms with Crippen molar-refractivity contribution in [2.24, 2.45) is 0 Å². The highest BCUT2D eigenvalue weighted by molar-refractivity contribution is 6.12. The summed E-state index contributed by atoms with van der Waals surface area (Å²) in [5.74, 6) is -1.15. The number of carbonyl (C=O) groups is 3. The molecule has 0 aliphatic heterocycles. The number of alkyl halides is 3. The molecule has 168 valence electrons. The summed E-state index contributed by atoms with van der Waals surface area (Å²) in [6.45, 7) is 9.27. The smallest absolute Gasteiger partial charge is 0.424 e. The molecule has 1 heterocycles. The number of methoxy groups -OCH3 is 1. The van der Waals surface area contributed by atoms with Gasteiger partial charge >= 0.3 is 24.3 Å². The lowest BCUT2D eigenvalue weighted by Gasteiger charge is -2.29. The second-order valence-electron chi connectivity index (χ2n) is 8.25. The van der Waals surface area contributed by atoms with Crippen LogP contribution in [-0.4, -0.2) is 47.6 Å². The zero-order valence-electron chi connectivity index (χ0n) is 17.8. The molecular weight excluding hydrogens is 409 g/mol. The highest BCUT2D eigenvalue weighted by Crippen LogP contribution is 2.27. The number of hydrogen-bond donors (Lipinski definition) is 0. The van der Waals surface area contributed by atoms with Gasteiger partial charge in [0, 0.05) is 0 Å². The minimum Gasteiger partial charge on any atom is -0.464 e. The molecule has 0 aliphatic carbocycles. The molecular formula is C19H25F3N2O6. The largest absolute Gasteiger partial charge is 0.464 e. The first-order valence-corrected chi connectivity index (χ1v) is 8.84. The Kier molecular flexibility index (Phi) is 7.46.